The van der Waals surface area contributed by atoms with Crippen molar-refractivity contribution in [2.75, 3.05) is 0 Å². The van der Waals surface area contributed by atoms with Crippen LogP contribution in [0.5, 0.6) is 0 Å². The van der Waals surface area contributed by atoms with Crippen LogP contribution in [0.2, 0.25) is 25.6 Å². The third kappa shape index (κ3) is 5.04. The van der Waals surface area contributed by atoms with Gasteiger partial charge in [0.05, 0.1) is 0 Å². The second kappa shape index (κ2) is 7.22. The van der Waals surface area contributed by atoms with E-state index in [1.807, 2.05) is 0 Å². The van der Waals surface area contributed by atoms with Crippen molar-refractivity contribution in [3.05, 3.63) is 61.2 Å². The predicted octanol–water partition coefficient (Wildman–Crippen LogP) is 4.67. The van der Waals surface area contributed by atoms with Crippen LogP contribution in [0.15, 0.2) is 30.3 Å². The highest BCUT2D eigenvalue weighted by molar-refractivity contribution is 6.36. The van der Waals surface area contributed by atoms with E-state index in [1.165, 1.54) is 24.3 Å². The Morgan fingerprint density at radius 3 is 1.67 bits per heavy atom. The molecule has 0 amide bonds. The van der Waals surface area contributed by atoms with Gasteiger partial charge in [-0.15, -0.1) is 4.73 Å². The van der Waals surface area contributed by atoms with Crippen LogP contribution in [0.3, 0.4) is 0 Å². The Bertz CT molecular complexity index is 479. The number of halogens is 5. The third-order valence-corrected chi connectivity index (χ3v) is 2.75. The van der Waals surface area contributed by atoms with Gasteiger partial charge in [-0.3, -0.25) is 0 Å². The lowest BCUT2D eigenvalue weighted by molar-refractivity contribution is -0.600. The van der Waals surface area contributed by atoms with Gasteiger partial charge in [0, 0.05) is 17.2 Å². The van der Waals surface area contributed by atoms with E-state index in [1.54, 1.807) is 6.07 Å². The number of rotatable bonds is 0. The van der Waals surface area contributed by atoms with Crippen LogP contribution in [0.4, 0.5) is 0 Å². The summed E-state index contributed by atoms with van der Waals surface area (Å²) in [6.07, 6.45) is 0. The first-order chi connectivity index (χ1) is 8.40. The maximum atomic E-state index is 10.6. The highest BCUT2D eigenvalue weighted by atomic mass is 35.5. The molecule has 0 bridgehead atoms. The monoisotopic (exact) mass is 344 g/mol. The Hall–Kier alpha value is -0.450. The third-order valence-electron chi connectivity index (χ3n) is 1.58. The maximum Gasteiger partial charge on any atom is 0.287 e. The zero-order valence-corrected chi connectivity index (χ0v) is 12.4. The van der Waals surface area contributed by atoms with Gasteiger partial charge >= 0.3 is 0 Å². The van der Waals surface area contributed by atoms with Gasteiger partial charge in [-0.1, -0.05) is 34.8 Å². The van der Waals surface area contributed by atoms with Gasteiger partial charge in [0.15, 0.2) is 0 Å². The van der Waals surface area contributed by atoms with Crippen molar-refractivity contribution in [3.8, 4) is 0 Å². The molecule has 0 N–H and O–H groups in total. The van der Waals surface area contributed by atoms with E-state index in [0.29, 0.717) is 20.1 Å². The molecule has 0 fully saturated rings. The summed E-state index contributed by atoms with van der Waals surface area (Å²) < 4.78 is 0.448. The second-order valence-electron chi connectivity index (χ2n) is 2.90. The molecule has 0 spiro atoms. The topological polar surface area (TPSA) is 39.8 Å². The second-order valence-corrected chi connectivity index (χ2v) is 4.88. The van der Waals surface area contributed by atoms with E-state index in [9.17, 15) is 5.21 Å². The van der Waals surface area contributed by atoms with Crippen molar-refractivity contribution >= 4 is 58.0 Å². The van der Waals surface area contributed by atoms with Crippen LogP contribution in [0.25, 0.3) is 0 Å². The Balaban J connectivity index is 0.000000180. The van der Waals surface area contributed by atoms with Crippen molar-refractivity contribution in [3.63, 3.8) is 0 Å². The molecule has 2 rings (SSSR count). The lowest BCUT2D eigenvalue weighted by Crippen LogP contribution is -2.28. The molecule has 0 unspecified atom stereocenters. The van der Waals surface area contributed by atoms with Crippen molar-refractivity contribution in [1.82, 2.24) is 4.98 Å². The predicted molar refractivity (Wildman–Crippen MR) is 74.7 cm³/mol. The van der Waals surface area contributed by atoms with Crippen molar-refractivity contribution in [2.24, 2.45) is 0 Å². The lowest BCUT2D eigenvalue weighted by Gasteiger charge is -1.97. The number of aromatic nitrogens is 2. The first-order valence-electron chi connectivity index (χ1n) is 4.42. The fourth-order valence-corrected chi connectivity index (χ4v) is 2.03. The van der Waals surface area contributed by atoms with Gasteiger partial charge in [-0.2, -0.15) is 0 Å². The summed E-state index contributed by atoms with van der Waals surface area (Å²) in [5.74, 6) is 0. The van der Waals surface area contributed by atoms with Crippen molar-refractivity contribution < 1.29 is 4.73 Å². The zero-order chi connectivity index (χ0) is 13.7. The summed E-state index contributed by atoms with van der Waals surface area (Å²) in [5.41, 5.74) is 0. The Morgan fingerprint density at radius 1 is 0.889 bits per heavy atom. The minimum Gasteiger partial charge on any atom is -0.617 e. The normalized spacial score (nSPS) is 9.61. The Labute approximate surface area is 128 Å². The summed E-state index contributed by atoms with van der Waals surface area (Å²) in [5, 5.41) is 11.9. The number of nitrogens with zero attached hydrogens (tertiary/aromatic N) is 2. The zero-order valence-electron chi connectivity index (χ0n) is 8.58. The minimum absolute atomic E-state index is 0.0856. The first kappa shape index (κ1) is 15.6. The van der Waals surface area contributed by atoms with E-state index in [4.69, 9.17) is 58.0 Å². The lowest BCUT2D eigenvalue weighted by atomic mass is 10.5. The summed E-state index contributed by atoms with van der Waals surface area (Å²) in [6.45, 7) is 0. The Morgan fingerprint density at radius 2 is 1.33 bits per heavy atom. The molecule has 96 valence electrons. The SMILES string of the molecule is Clc1cc(Cl)nc(Cl)c1.[O-][n+]1c(Cl)cccc1Cl. The molecular formula is C10H5Cl5N2O. The standard InChI is InChI=1S/C5H2Cl3N.C5H3Cl2NO/c6-3-1-4(7)9-5(8)2-3;6-4-2-1-3-5(7)8(4)9/h1-2H;1-3H. The molecule has 0 saturated heterocycles. The van der Waals surface area contributed by atoms with E-state index in [2.05, 4.69) is 4.98 Å². The van der Waals surface area contributed by atoms with Gasteiger partial charge < -0.3 is 5.21 Å². The van der Waals surface area contributed by atoms with Gasteiger partial charge in [0.2, 0.25) is 0 Å². The number of pyridine rings is 2. The fraction of sp³-hybridized carbons (Fsp3) is 0. The molecule has 0 aliphatic carbocycles. The largest absolute Gasteiger partial charge is 0.617 e. The van der Waals surface area contributed by atoms with Gasteiger partial charge in [0.1, 0.15) is 10.3 Å². The molecule has 0 radical (unpaired) electrons. The average molecular weight is 346 g/mol. The molecule has 0 aliphatic heterocycles. The molecule has 0 aromatic carbocycles. The van der Waals surface area contributed by atoms with E-state index < -0.39 is 0 Å². The van der Waals surface area contributed by atoms with E-state index in [-0.39, 0.29) is 10.3 Å². The number of hydrogen-bond acceptors (Lipinski definition) is 2. The summed E-state index contributed by atoms with van der Waals surface area (Å²) in [6, 6.07) is 7.60. The minimum atomic E-state index is 0.0856. The van der Waals surface area contributed by atoms with E-state index in [0.717, 1.165) is 0 Å². The highest BCUT2D eigenvalue weighted by Crippen LogP contribution is 2.17. The molecule has 0 saturated carbocycles. The molecule has 3 nitrogen and oxygen atoms in total. The first-order valence-corrected chi connectivity index (χ1v) is 6.31. The van der Waals surface area contributed by atoms with E-state index >= 15 is 0 Å². The van der Waals surface area contributed by atoms with Gasteiger partial charge in [-0.05, 0) is 41.4 Å². The van der Waals surface area contributed by atoms with Crippen LogP contribution in [-0.2, 0) is 0 Å². The smallest absolute Gasteiger partial charge is 0.287 e. The summed E-state index contributed by atoms with van der Waals surface area (Å²) >= 11 is 27.2. The van der Waals surface area contributed by atoms with Crippen LogP contribution in [0, 0.1) is 5.21 Å². The molecule has 18 heavy (non-hydrogen) atoms. The quantitative estimate of drug-likeness (QED) is 0.395. The molecule has 2 aromatic rings. The van der Waals surface area contributed by atoms with Gasteiger partial charge in [-0.25, -0.2) is 4.98 Å². The van der Waals surface area contributed by atoms with Crippen molar-refractivity contribution in [2.45, 2.75) is 0 Å². The molecule has 2 aromatic heterocycles. The van der Waals surface area contributed by atoms with Crippen molar-refractivity contribution in [1.29, 1.82) is 0 Å². The molecule has 8 heteroatoms. The molecular weight excluding hydrogens is 341 g/mol. The maximum absolute atomic E-state index is 10.6. The highest BCUT2D eigenvalue weighted by Gasteiger charge is 2.03. The van der Waals surface area contributed by atoms with Crippen LogP contribution in [0.1, 0.15) is 0 Å². The Kier molecular flexibility index (Phi) is 6.26. The summed E-state index contributed by atoms with van der Waals surface area (Å²) in [7, 11) is 0. The number of hydrogen-bond donors (Lipinski definition) is 0. The van der Waals surface area contributed by atoms with Gasteiger partial charge in [0.25, 0.3) is 10.3 Å². The molecule has 0 atom stereocenters. The van der Waals surface area contributed by atoms with Crippen LogP contribution in [-0.4, -0.2) is 4.98 Å². The van der Waals surface area contributed by atoms with Crippen LogP contribution >= 0.6 is 58.0 Å². The molecule has 2 heterocycles. The van der Waals surface area contributed by atoms with Crippen LogP contribution < -0.4 is 4.73 Å². The molecule has 0 aliphatic rings. The summed E-state index contributed by atoms with van der Waals surface area (Å²) in [4.78, 5) is 3.68. The average Bonchev–Trinajstić information content (AvgIpc) is 2.24. The fourth-order valence-electron chi connectivity index (χ4n) is 0.880.